The van der Waals surface area contributed by atoms with Gasteiger partial charge in [0.2, 0.25) is 0 Å². The van der Waals surface area contributed by atoms with E-state index in [0.717, 1.165) is 34.4 Å². The molecule has 0 N–H and O–H groups in total. The fourth-order valence-electron chi connectivity index (χ4n) is 6.32. The largest absolute Gasteiger partial charge is 0.310 e. The summed E-state index contributed by atoms with van der Waals surface area (Å²) in [5, 5.41) is 0. The lowest BCUT2D eigenvalue weighted by Gasteiger charge is -2.47. The van der Waals surface area contributed by atoms with Crippen molar-refractivity contribution in [3.63, 3.8) is 0 Å². The number of hydrogen-bond acceptors (Lipinski definition) is 2. The average Bonchev–Trinajstić information content (AvgIpc) is 2.95. The van der Waals surface area contributed by atoms with E-state index in [2.05, 4.69) is 93.8 Å². The molecule has 0 radical (unpaired) electrons. The molecule has 0 fully saturated rings. The zero-order valence-corrected chi connectivity index (χ0v) is 24.6. The van der Waals surface area contributed by atoms with E-state index in [0.29, 0.717) is 5.92 Å². The number of hydrogen-bond donors (Lipinski definition) is 1. The highest BCUT2D eigenvalue weighted by molar-refractivity contribution is 7.79. The molecule has 1 aliphatic carbocycles. The lowest BCUT2D eigenvalue weighted by atomic mass is 9.66. The quantitative estimate of drug-likeness (QED) is 0.248. The number of anilines is 2. The highest BCUT2D eigenvalue weighted by atomic mass is 32.1. The first kappa shape index (κ1) is 27.9. The molecule has 4 heteroatoms. The molecule has 40 heavy (non-hydrogen) atoms. The maximum atomic E-state index is 13.7. The van der Waals surface area contributed by atoms with Crippen molar-refractivity contribution >= 4 is 24.0 Å². The van der Waals surface area contributed by atoms with E-state index in [4.69, 9.17) is 0 Å². The summed E-state index contributed by atoms with van der Waals surface area (Å²) >= 11 is 3.53. The lowest BCUT2D eigenvalue weighted by molar-refractivity contribution is 0.498. The van der Waals surface area contributed by atoms with Gasteiger partial charge in [0.1, 0.15) is 11.6 Å². The minimum atomic E-state index is -0.230. The SMILES string of the molecule is CS.Cc1cc(-c2ccc(F)cc2)cc2c1N(c1ccc(-c3ccc(F)cc3)cc1)C1=C(C(C)CC=C1)C2(C)C. The molecular formula is C36H35F2NS. The standard InChI is InChI=1S/C35H31F2N.CH4S/c1-22-6-5-7-32-33(22)35(3,4)31-21-27(26-10-16-29(37)17-11-26)20-23(2)34(31)38(32)30-18-12-25(13-19-30)24-8-14-28(36)15-9-24;1-2/h5,7-22H,6H2,1-4H3;2H,1H3. The van der Waals surface area contributed by atoms with Crippen molar-refractivity contribution in [1.29, 1.82) is 0 Å². The predicted molar refractivity (Wildman–Crippen MR) is 168 cm³/mol. The Kier molecular flexibility index (Phi) is 7.74. The topological polar surface area (TPSA) is 3.24 Å². The van der Waals surface area contributed by atoms with Crippen LogP contribution in [0.4, 0.5) is 20.2 Å². The van der Waals surface area contributed by atoms with E-state index in [-0.39, 0.29) is 17.0 Å². The molecule has 2 aliphatic rings. The molecule has 4 aromatic rings. The van der Waals surface area contributed by atoms with E-state index in [1.165, 1.54) is 52.3 Å². The normalized spacial score (nSPS) is 17.1. The number of benzene rings is 4. The van der Waals surface area contributed by atoms with Gasteiger partial charge in [0.25, 0.3) is 0 Å². The van der Waals surface area contributed by atoms with Crippen LogP contribution in [-0.4, -0.2) is 6.26 Å². The minimum absolute atomic E-state index is 0.166. The Morgan fingerprint density at radius 1 is 0.750 bits per heavy atom. The van der Waals surface area contributed by atoms with Gasteiger partial charge < -0.3 is 4.90 Å². The first-order valence-corrected chi connectivity index (χ1v) is 14.6. The van der Waals surface area contributed by atoms with Gasteiger partial charge in [-0.05, 0) is 119 Å². The maximum Gasteiger partial charge on any atom is 0.123 e. The zero-order chi connectivity index (χ0) is 28.6. The number of fused-ring (bicyclic) bond motifs is 1. The number of thiol groups is 1. The van der Waals surface area contributed by atoms with Gasteiger partial charge in [-0.25, -0.2) is 8.78 Å². The summed E-state index contributed by atoms with van der Waals surface area (Å²) in [6.07, 6.45) is 7.28. The van der Waals surface area contributed by atoms with E-state index >= 15 is 0 Å². The van der Waals surface area contributed by atoms with Gasteiger partial charge in [0, 0.05) is 16.8 Å². The zero-order valence-electron chi connectivity index (χ0n) is 23.7. The molecule has 0 saturated carbocycles. The van der Waals surface area contributed by atoms with Crippen LogP contribution in [0.3, 0.4) is 0 Å². The summed E-state index contributed by atoms with van der Waals surface area (Å²) < 4.78 is 27.1. The van der Waals surface area contributed by atoms with Crippen molar-refractivity contribution in [3.05, 3.63) is 131 Å². The van der Waals surface area contributed by atoms with Crippen LogP contribution in [0.25, 0.3) is 22.3 Å². The van der Waals surface area contributed by atoms with Gasteiger partial charge in [-0.1, -0.05) is 63.2 Å². The van der Waals surface area contributed by atoms with Crippen molar-refractivity contribution < 1.29 is 8.78 Å². The first-order chi connectivity index (χ1) is 19.2. The van der Waals surface area contributed by atoms with Crippen molar-refractivity contribution in [2.45, 2.75) is 39.5 Å². The van der Waals surface area contributed by atoms with E-state index in [1.807, 2.05) is 24.3 Å². The highest BCUT2D eigenvalue weighted by Crippen LogP contribution is 2.54. The Morgan fingerprint density at radius 2 is 1.25 bits per heavy atom. The van der Waals surface area contributed by atoms with Crippen LogP contribution in [0, 0.1) is 24.5 Å². The summed E-state index contributed by atoms with van der Waals surface area (Å²) in [7, 11) is 0. The Balaban J connectivity index is 0.00000158. The summed E-state index contributed by atoms with van der Waals surface area (Å²) in [6, 6.07) is 26.4. The van der Waals surface area contributed by atoms with Crippen LogP contribution >= 0.6 is 12.6 Å². The van der Waals surface area contributed by atoms with Gasteiger partial charge in [-0.15, -0.1) is 0 Å². The highest BCUT2D eigenvalue weighted by Gasteiger charge is 2.42. The summed E-state index contributed by atoms with van der Waals surface area (Å²) in [4.78, 5) is 2.40. The number of nitrogens with zero attached hydrogens (tertiary/aromatic N) is 1. The van der Waals surface area contributed by atoms with Crippen LogP contribution in [0.1, 0.15) is 38.3 Å². The molecule has 1 atom stereocenters. The predicted octanol–water partition coefficient (Wildman–Crippen LogP) is 10.4. The second-order valence-electron chi connectivity index (χ2n) is 11.0. The number of rotatable bonds is 3. The minimum Gasteiger partial charge on any atom is -0.310 e. The fourth-order valence-corrected chi connectivity index (χ4v) is 6.32. The molecule has 1 unspecified atom stereocenters. The molecule has 204 valence electrons. The second-order valence-corrected chi connectivity index (χ2v) is 11.0. The molecule has 0 aromatic heterocycles. The monoisotopic (exact) mass is 551 g/mol. The van der Waals surface area contributed by atoms with Crippen LogP contribution in [0.15, 0.2) is 108 Å². The van der Waals surface area contributed by atoms with Crippen LogP contribution in [-0.2, 0) is 5.41 Å². The molecular weight excluding hydrogens is 516 g/mol. The van der Waals surface area contributed by atoms with Gasteiger partial charge in [0.05, 0.1) is 5.69 Å². The summed E-state index contributed by atoms with van der Waals surface area (Å²) in [6.45, 7) is 9.15. The van der Waals surface area contributed by atoms with Crippen molar-refractivity contribution in [1.82, 2.24) is 0 Å². The molecule has 0 bridgehead atoms. The van der Waals surface area contributed by atoms with Crippen LogP contribution < -0.4 is 4.90 Å². The third kappa shape index (κ3) is 4.90. The van der Waals surface area contributed by atoms with Crippen molar-refractivity contribution in [3.8, 4) is 22.3 Å². The van der Waals surface area contributed by atoms with E-state index in [9.17, 15) is 8.78 Å². The van der Waals surface area contributed by atoms with Gasteiger partial charge in [0.15, 0.2) is 0 Å². The maximum absolute atomic E-state index is 13.7. The first-order valence-electron chi connectivity index (χ1n) is 13.7. The number of aryl methyl sites for hydroxylation is 1. The van der Waals surface area contributed by atoms with Gasteiger partial charge in [-0.2, -0.15) is 12.6 Å². The van der Waals surface area contributed by atoms with Crippen molar-refractivity contribution in [2.24, 2.45) is 5.92 Å². The van der Waals surface area contributed by atoms with E-state index < -0.39 is 0 Å². The molecule has 0 saturated heterocycles. The summed E-state index contributed by atoms with van der Waals surface area (Å²) in [5.74, 6) is -0.0448. The molecule has 0 amide bonds. The third-order valence-electron chi connectivity index (χ3n) is 8.13. The molecule has 0 spiro atoms. The average molecular weight is 552 g/mol. The van der Waals surface area contributed by atoms with E-state index in [1.54, 1.807) is 6.26 Å². The molecule has 1 nitrogen and oxygen atoms in total. The molecule has 4 aromatic carbocycles. The smallest absolute Gasteiger partial charge is 0.123 e. The number of halogens is 2. The molecule has 6 rings (SSSR count). The van der Waals surface area contributed by atoms with Crippen LogP contribution in [0.5, 0.6) is 0 Å². The molecule has 1 heterocycles. The Hall–Kier alpha value is -3.63. The van der Waals surface area contributed by atoms with Crippen molar-refractivity contribution in [2.75, 3.05) is 11.2 Å². The summed E-state index contributed by atoms with van der Waals surface area (Å²) in [5.41, 5.74) is 11.4. The van der Waals surface area contributed by atoms with Crippen LogP contribution in [0.2, 0.25) is 0 Å². The Morgan fingerprint density at radius 3 is 1.80 bits per heavy atom. The third-order valence-corrected chi connectivity index (χ3v) is 8.13. The van der Waals surface area contributed by atoms with Gasteiger partial charge >= 0.3 is 0 Å². The second kappa shape index (κ2) is 11.1. The fraction of sp³-hybridized carbons (Fsp3) is 0.222. The Bertz CT molecular complexity index is 1580. The lowest BCUT2D eigenvalue weighted by Crippen LogP contribution is -2.38. The van der Waals surface area contributed by atoms with Gasteiger partial charge in [-0.3, -0.25) is 0 Å². The molecule has 1 aliphatic heterocycles. The number of allylic oxidation sites excluding steroid dienone is 3. The Labute approximate surface area is 242 Å².